The number of anilines is 2. The molecule has 2 aliphatic heterocycles. The van der Waals surface area contributed by atoms with E-state index in [-0.39, 0.29) is 47.8 Å². The molecule has 1 atom stereocenters. The van der Waals surface area contributed by atoms with E-state index in [0.717, 1.165) is 0 Å². The first-order valence-corrected chi connectivity index (χ1v) is 15.8. The van der Waals surface area contributed by atoms with Gasteiger partial charge in [-0.25, -0.2) is 4.39 Å². The number of piperidine rings is 1. The second-order valence-electron chi connectivity index (χ2n) is 11.4. The van der Waals surface area contributed by atoms with Crippen molar-refractivity contribution in [2.75, 3.05) is 37.0 Å². The van der Waals surface area contributed by atoms with Gasteiger partial charge in [-0.1, -0.05) is 12.1 Å². The molecule has 1 unspecified atom stereocenters. The standard InChI is InChI=1S/C34H36BrFN4O5/c1-21(41)37-24-13-16-39(17-14-24)32(42)18-22-6-5-15-40(30-12-9-23(36)19-28(22)30)34(44)27-11-10-25(20-31(27)45-2)38-33(43)26-7-3-4-8-29(26)35/h3-4,7-12,19-20,22,24H,5-6,13-18H2,1-2H3,(H,37,41)(H,38,43). The molecule has 1 fully saturated rings. The maximum atomic E-state index is 14.6. The van der Waals surface area contributed by atoms with Crippen LogP contribution in [0, 0.1) is 5.82 Å². The van der Waals surface area contributed by atoms with Crippen molar-refractivity contribution in [2.24, 2.45) is 0 Å². The number of carbonyl (C=O) groups is 4. The summed E-state index contributed by atoms with van der Waals surface area (Å²) in [6.07, 6.45) is 2.83. The third kappa shape index (κ3) is 7.53. The minimum absolute atomic E-state index is 0.0156. The number of likely N-dealkylation sites (tertiary alicyclic amines) is 1. The quantitative estimate of drug-likeness (QED) is 0.324. The molecule has 1 saturated heterocycles. The SMILES string of the molecule is COc1cc(NC(=O)c2ccccc2Br)ccc1C(=O)N1CCCC(CC(=O)N2CCC(NC(C)=O)CC2)c2cc(F)ccc21. The summed E-state index contributed by atoms with van der Waals surface area (Å²) >= 11 is 3.39. The van der Waals surface area contributed by atoms with Gasteiger partial charge in [-0.3, -0.25) is 19.2 Å². The van der Waals surface area contributed by atoms with Crippen molar-refractivity contribution in [1.29, 1.82) is 0 Å². The molecule has 0 aliphatic carbocycles. The van der Waals surface area contributed by atoms with Crippen molar-refractivity contribution in [1.82, 2.24) is 10.2 Å². The Kier molecular flexibility index (Phi) is 10.2. The minimum atomic E-state index is -0.431. The summed E-state index contributed by atoms with van der Waals surface area (Å²) in [6.45, 7) is 2.98. The second kappa shape index (κ2) is 14.2. The Hall–Kier alpha value is -4.25. The van der Waals surface area contributed by atoms with Gasteiger partial charge in [0.05, 0.1) is 18.2 Å². The lowest BCUT2D eigenvalue weighted by Crippen LogP contribution is -2.46. The van der Waals surface area contributed by atoms with E-state index in [1.807, 2.05) is 11.0 Å². The van der Waals surface area contributed by atoms with Crippen molar-refractivity contribution in [3.8, 4) is 5.75 Å². The predicted octanol–water partition coefficient (Wildman–Crippen LogP) is 5.89. The van der Waals surface area contributed by atoms with Crippen LogP contribution < -0.4 is 20.3 Å². The summed E-state index contributed by atoms with van der Waals surface area (Å²) in [4.78, 5) is 55.0. The first-order chi connectivity index (χ1) is 21.6. The minimum Gasteiger partial charge on any atom is -0.496 e. The fourth-order valence-corrected chi connectivity index (χ4v) is 6.59. The largest absolute Gasteiger partial charge is 0.496 e. The van der Waals surface area contributed by atoms with Crippen LogP contribution in [0.3, 0.4) is 0 Å². The highest BCUT2D eigenvalue weighted by atomic mass is 79.9. The molecule has 2 N–H and O–H groups in total. The molecule has 0 bridgehead atoms. The number of methoxy groups -OCH3 is 1. The number of nitrogens with zero attached hydrogens (tertiary/aromatic N) is 2. The molecule has 3 aromatic rings. The van der Waals surface area contributed by atoms with E-state index in [2.05, 4.69) is 26.6 Å². The molecule has 9 nitrogen and oxygen atoms in total. The molecule has 11 heteroatoms. The summed E-state index contributed by atoms with van der Waals surface area (Å²) in [6, 6.07) is 16.3. The van der Waals surface area contributed by atoms with Crippen LogP contribution in [0.15, 0.2) is 65.1 Å². The van der Waals surface area contributed by atoms with E-state index >= 15 is 0 Å². The summed E-state index contributed by atoms with van der Waals surface area (Å²) < 4.78 is 20.8. The predicted molar refractivity (Wildman–Crippen MR) is 173 cm³/mol. The lowest BCUT2D eigenvalue weighted by atomic mass is 9.90. The number of fused-ring (bicyclic) bond motifs is 1. The van der Waals surface area contributed by atoms with E-state index in [0.29, 0.717) is 77.9 Å². The van der Waals surface area contributed by atoms with E-state index < -0.39 is 5.82 Å². The third-order valence-corrected chi connectivity index (χ3v) is 9.08. The van der Waals surface area contributed by atoms with Crippen molar-refractivity contribution >= 4 is 50.9 Å². The highest BCUT2D eigenvalue weighted by Crippen LogP contribution is 2.39. The number of halogens is 2. The van der Waals surface area contributed by atoms with E-state index in [4.69, 9.17) is 4.74 Å². The Morgan fingerprint density at radius 3 is 2.42 bits per heavy atom. The van der Waals surface area contributed by atoms with E-state index in [9.17, 15) is 23.6 Å². The molecular formula is C34H36BrFN4O5. The Labute approximate surface area is 270 Å². The van der Waals surface area contributed by atoms with Gasteiger partial charge in [0.1, 0.15) is 11.6 Å². The first kappa shape index (κ1) is 32.2. The van der Waals surface area contributed by atoms with Crippen LogP contribution in [0.25, 0.3) is 0 Å². The van der Waals surface area contributed by atoms with Gasteiger partial charge >= 0.3 is 0 Å². The fraction of sp³-hybridized carbons (Fsp3) is 0.353. The van der Waals surface area contributed by atoms with Crippen LogP contribution in [0.1, 0.15) is 71.2 Å². The summed E-state index contributed by atoms with van der Waals surface area (Å²) in [5.41, 5.74) is 2.41. The number of carbonyl (C=O) groups excluding carboxylic acids is 4. The molecule has 0 radical (unpaired) electrons. The van der Waals surface area contributed by atoms with Gasteiger partial charge in [0.25, 0.3) is 11.8 Å². The Bertz CT molecular complexity index is 1610. The fourth-order valence-electron chi connectivity index (χ4n) is 6.13. The van der Waals surface area contributed by atoms with Crippen molar-refractivity contribution < 1.29 is 28.3 Å². The van der Waals surface area contributed by atoms with Gasteiger partial charge < -0.3 is 25.2 Å². The number of hydrogen-bond donors (Lipinski definition) is 2. The number of hydrogen-bond acceptors (Lipinski definition) is 5. The van der Waals surface area contributed by atoms with Gasteiger partial charge in [0.2, 0.25) is 11.8 Å². The number of ether oxygens (including phenoxy) is 1. The molecule has 0 spiro atoms. The van der Waals surface area contributed by atoms with Crippen molar-refractivity contribution in [3.05, 3.63) is 87.6 Å². The Morgan fingerprint density at radius 2 is 1.71 bits per heavy atom. The smallest absolute Gasteiger partial charge is 0.262 e. The summed E-state index contributed by atoms with van der Waals surface area (Å²) in [7, 11) is 1.46. The number of rotatable bonds is 7. The van der Waals surface area contributed by atoms with E-state index in [1.54, 1.807) is 47.4 Å². The Morgan fingerprint density at radius 1 is 0.956 bits per heavy atom. The lowest BCUT2D eigenvalue weighted by molar-refractivity contribution is -0.132. The molecule has 5 rings (SSSR count). The van der Waals surface area contributed by atoms with Crippen LogP contribution in [-0.4, -0.2) is 61.3 Å². The molecule has 2 heterocycles. The lowest BCUT2D eigenvalue weighted by Gasteiger charge is -2.33. The number of amides is 4. The molecule has 4 amide bonds. The highest BCUT2D eigenvalue weighted by Gasteiger charge is 2.32. The third-order valence-electron chi connectivity index (χ3n) is 8.38. The van der Waals surface area contributed by atoms with Gasteiger partial charge in [-0.2, -0.15) is 0 Å². The normalized spacial score (nSPS) is 16.8. The summed E-state index contributed by atoms with van der Waals surface area (Å²) in [5.74, 6) is -1.14. The van der Waals surface area contributed by atoms with Gasteiger partial charge in [0, 0.05) is 60.9 Å². The maximum Gasteiger partial charge on any atom is 0.262 e. The number of benzene rings is 3. The molecule has 45 heavy (non-hydrogen) atoms. The van der Waals surface area contributed by atoms with Crippen molar-refractivity contribution in [3.63, 3.8) is 0 Å². The molecule has 2 aliphatic rings. The zero-order valence-corrected chi connectivity index (χ0v) is 26.9. The van der Waals surface area contributed by atoms with Crippen LogP contribution >= 0.6 is 15.9 Å². The summed E-state index contributed by atoms with van der Waals surface area (Å²) in [5, 5.41) is 5.76. The maximum absolute atomic E-state index is 14.6. The van der Waals surface area contributed by atoms with Crippen LogP contribution in [0.4, 0.5) is 15.8 Å². The molecule has 3 aromatic carbocycles. The van der Waals surface area contributed by atoms with E-state index in [1.165, 1.54) is 26.2 Å². The molecule has 236 valence electrons. The topological polar surface area (TPSA) is 108 Å². The zero-order valence-electron chi connectivity index (χ0n) is 25.3. The number of nitrogens with one attached hydrogen (secondary N) is 2. The average Bonchev–Trinajstić information content (AvgIpc) is 3.19. The molecule has 0 saturated carbocycles. The van der Waals surface area contributed by atoms with Gasteiger partial charge in [-0.05, 0) is 95.6 Å². The molecule has 0 aromatic heterocycles. The van der Waals surface area contributed by atoms with Gasteiger partial charge in [-0.15, -0.1) is 0 Å². The van der Waals surface area contributed by atoms with Gasteiger partial charge in [0.15, 0.2) is 0 Å². The second-order valence-corrected chi connectivity index (χ2v) is 12.3. The van der Waals surface area contributed by atoms with Crippen molar-refractivity contribution in [2.45, 2.75) is 51.0 Å². The first-order valence-electron chi connectivity index (χ1n) is 15.0. The molecular weight excluding hydrogens is 643 g/mol. The monoisotopic (exact) mass is 678 g/mol. The van der Waals surface area contributed by atoms with Crippen LogP contribution in [-0.2, 0) is 9.59 Å². The zero-order chi connectivity index (χ0) is 32.1. The van der Waals surface area contributed by atoms with Crippen LogP contribution in [0.5, 0.6) is 5.75 Å². The highest BCUT2D eigenvalue weighted by molar-refractivity contribution is 9.10. The van der Waals surface area contributed by atoms with Crippen LogP contribution in [0.2, 0.25) is 0 Å². The Balaban J connectivity index is 1.34. The average molecular weight is 680 g/mol.